The number of nitrogens with one attached hydrogen (secondary N) is 1. The van der Waals surface area contributed by atoms with Crippen LogP contribution < -0.4 is 5.32 Å². The largest absolute Gasteiger partial charge is 0.381 e. The summed E-state index contributed by atoms with van der Waals surface area (Å²) in [5.74, 6) is -1.22. The first-order chi connectivity index (χ1) is 9.79. The second-order valence-corrected chi connectivity index (χ2v) is 7.98. The zero-order valence-corrected chi connectivity index (χ0v) is 13.9. The van der Waals surface area contributed by atoms with E-state index in [1.54, 1.807) is 0 Å². The van der Waals surface area contributed by atoms with E-state index in [2.05, 4.69) is 21.2 Å². The highest BCUT2D eigenvalue weighted by molar-refractivity contribution is 9.10. The predicted octanol–water partition coefficient (Wildman–Crippen LogP) is 2.28. The van der Waals surface area contributed by atoms with E-state index in [1.165, 1.54) is 0 Å². The third-order valence-corrected chi connectivity index (χ3v) is 5.51. The van der Waals surface area contributed by atoms with Gasteiger partial charge in [-0.15, -0.1) is 0 Å². The predicted molar refractivity (Wildman–Crippen MR) is 78.4 cm³/mol. The second kappa shape index (κ2) is 6.60. The topological polar surface area (TPSA) is 72.5 Å². The van der Waals surface area contributed by atoms with Gasteiger partial charge < -0.3 is 10.1 Å². The average Bonchev–Trinajstić information content (AvgIpc) is 2.90. The number of ether oxygens (including phenoxy) is 1. The molecule has 0 radical (unpaired) electrons. The molecule has 1 atom stereocenters. The Morgan fingerprint density at radius 3 is 2.81 bits per heavy atom. The van der Waals surface area contributed by atoms with Gasteiger partial charge in [-0.3, -0.25) is 4.79 Å². The first-order valence-electron chi connectivity index (χ1n) is 6.08. The Hall–Kier alpha value is -0.700. The molecular weight excluding hydrogens is 389 g/mol. The zero-order chi connectivity index (χ0) is 15.6. The average molecular weight is 401 g/mol. The SMILES string of the molecule is O=C(NCC1CCOC1)c1cc(F)c(Br)c(S(=O)(=O)Cl)c1. The minimum absolute atomic E-state index is 0.103. The van der Waals surface area contributed by atoms with Crippen LogP contribution in [0.3, 0.4) is 0 Å². The molecule has 2 rings (SSSR count). The van der Waals surface area contributed by atoms with Crippen molar-refractivity contribution in [3.8, 4) is 0 Å². The number of carbonyl (C=O) groups is 1. The quantitative estimate of drug-likeness (QED) is 0.787. The van der Waals surface area contributed by atoms with Crippen LogP contribution in [0.2, 0.25) is 0 Å². The third kappa shape index (κ3) is 4.15. The fourth-order valence-corrected chi connectivity index (χ4v) is 4.05. The molecule has 5 nitrogen and oxygen atoms in total. The number of carbonyl (C=O) groups excluding carboxylic acids is 1. The van der Waals surface area contributed by atoms with Crippen molar-refractivity contribution in [3.63, 3.8) is 0 Å². The normalized spacial score (nSPS) is 18.7. The van der Waals surface area contributed by atoms with Gasteiger partial charge in [0.1, 0.15) is 10.7 Å². The molecule has 1 aliphatic rings. The second-order valence-electron chi connectivity index (χ2n) is 4.65. The van der Waals surface area contributed by atoms with E-state index in [-0.39, 0.29) is 16.0 Å². The van der Waals surface area contributed by atoms with Gasteiger partial charge in [-0.1, -0.05) is 0 Å². The summed E-state index contributed by atoms with van der Waals surface area (Å²) in [4.78, 5) is 11.5. The van der Waals surface area contributed by atoms with E-state index in [0.717, 1.165) is 18.6 Å². The van der Waals surface area contributed by atoms with Gasteiger partial charge >= 0.3 is 0 Å². The van der Waals surface area contributed by atoms with Gasteiger partial charge in [-0.05, 0) is 34.5 Å². The number of benzene rings is 1. The molecule has 1 aromatic rings. The molecule has 1 heterocycles. The van der Waals surface area contributed by atoms with Crippen molar-refractivity contribution in [3.05, 3.63) is 28.0 Å². The van der Waals surface area contributed by atoms with E-state index in [4.69, 9.17) is 15.4 Å². The van der Waals surface area contributed by atoms with Gasteiger partial charge in [0, 0.05) is 35.3 Å². The van der Waals surface area contributed by atoms with Crippen molar-refractivity contribution >= 4 is 41.6 Å². The van der Waals surface area contributed by atoms with Crippen LogP contribution in [0, 0.1) is 11.7 Å². The first kappa shape index (κ1) is 16.7. The lowest BCUT2D eigenvalue weighted by molar-refractivity contribution is 0.0944. The van der Waals surface area contributed by atoms with Gasteiger partial charge in [0.2, 0.25) is 0 Å². The zero-order valence-electron chi connectivity index (χ0n) is 10.7. The fourth-order valence-electron chi connectivity index (χ4n) is 1.96. The molecule has 1 fully saturated rings. The molecule has 0 bridgehead atoms. The summed E-state index contributed by atoms with van der Waals surface area (Å²) in [7, 11) is 1.06. The highest BCUT2D eigenvalue weighted by Gasteiger charge is 2.22. The van der Waals surface area contributed by atoms with Gasteiger partial charge in [-0.2, -0.15) is 0 Å². The van der Waals surface area contributed by atoms with Gasteiger partial charge in [0.25, 0.3) is 15.0 Å². The third-order valence-electron chi connectivity index (χ3n) is 3.09. The number of amides is 1. The summed E-state index contributed by atoms with van der Waals surface area (Å²) in [6.45, 7) is 1.61. The number of rotatable bonds is 4. The first-order valence-corrected chi connectivity index (χ1v) is 9.19. The molecule has 0 spiro atoms. The lowest BCUT2D eigenvalue weighted by Gasteiger charge is -2.11. The number of hydrogen-bond acceptors (Lipinski definition) is 4. The summed E-state index contributed by atoms with van der Waals surface area (Å²) in [5, 5.41) is 2.63. The van der Waals surface area contributed by atoms with Crippen LogP contribution in [0.5, 0.6) is 0 Å². The monoisotopic (exact) mass is 399 g/mol. The number of hydrogen-bond donors (Lipinski definition) is 1. The van der Waals surface area contributed by atoms with Crippen LogP contribution in [0.1, 0.15) is 16.8 Å². The summed E-state index contributed by atoms with van der Waals surface area (Å²) in [5.41, 5.74) is -0.103. The van der Waals surface area contributed by atoms with Gasteiger partial charge in [-0.25, -0.2) is 12.8 Å². The van der Waals surface area contributed by atoms with Crippen molar-refractivity contribution < 1.29 is 22.3 Å². The Kier molecular flexibility index (Phi) is 5.24. The van der Waals surface area contributed by atoms with Crippen LogP contribution >= 0.6 is 26.6 Å². The van der Waals surface area contributed by atoms with Crippen LogP contribution in [-0.2, 0) is 13.8 Å². The van der Waals surface area contributed by atoms with Crippen molar-refractivity contribution in [2.24, 2.45) is 5.92 Å². The van der Waals surface area contributed by atoms with E-state index >= 15 is 0 Å². The van der Waals surface area contributed by atoms with E-state index in [1.807, 2.05) is 0 Å². The molecule has 116 valence electrons. The molecule has 9 heteroatoms. The van der Waals surface area contributed by atoms with Crippen LogP contribution in [-0.4, -0.2) is 34.1 Å². The summed E-state index contributed by atoms with van der Waals surface area (Å²) < 4.78 is 41.3. The molecule has 1 aliphatic heterocycles. The van der Waals surface area contributed by atoms with Crippen molar-refractivity contribution in [2.75, 3.05) is 19.8 Å². The molecule has 0 aromatic heterocycles. The molecule has 1 N–H and O–H groups in total. The molecule has 0 aliphatic carbocycles. The Balaban J connectivity index is 2.19. The molecule has 21 heavy (non-hydrogen) atoms. The maximum absolute atomic E-state index is 13.7. The number of halogens is 3. The van der Waals surface area contributed by atoms with Crippen LogP contribution in [0.15, 0.2) is 21.5 Å². The van der Waals surface area contributed by atoms with Gasteiger partial charge in [0.05, 0.1) is 11.1 Å². The summed E-state index contributed by atoms with van der Waals surface area (Å²) in [6.07, 6.45) is 0.844. The van der Waals surface area contributed by atoms with Crippen molar-refractivity contribution in [2.45, 2.75) is 11.3 Å². The Bertz CT molecular complexity index is 661. The van der Waals surface area contributed by atoms with E-state index in [9.17, 15) is 17.6 Å². The minimum atomic E-state index is -4.16. The Morgan fingerprint density at radius 1 is 1.52 bits per heavy atom. The lowest BCUT2D eigenvalue weighted by atomic mass is 10.1. The maximum Gasteiger partial charge on any atom is 0.262 e. The van der Waals surface area contributed by atoms with Crippen LogP contribution in [0.4, 0.5) is 4.39 Å². The fraction of sp³-hybridized carbons (Fsp3) is 0.417. The molecule has 1 aromatic carbocycles. The summed E-state index contributed by atoms with van der Waals surface area (Å²) >= 11 is 2.81. The Labute approximate surface area is 134 Å². The molecular formula is C12H12BrClFNO4S. The Morgan fingerprint density at radius 2 is 2.24 bits per heavy atom. The summed E-state index contributed by atoms with van der Waals surface area (Å²) in [6, 6.07) is 1.99. The molecule has 1 saturated heterocycles. The van der Waals surface area contributed by atoms with E-state index in [0.29, 0.717) is 19.8 Å². The lowest BCUT2D eigenvalue weighted by Crippen LogP contribution is -2.29. The molecule has 1 amide bonds. The minimum Gasteiger partial charge on any atom is -0.381 e. The maximum atomic E-state index is 13.7. The standard InChI is InChI=1S/C12H12BrClFNO4S/c13-11-9(15)3-8(4-10(11)21(14,18)19)12(17)16-5-7-1-2-20-6-7/h3-4,7H,1-2,5-6H2,(H,16,17). The van der Waals surface area contributed by atoms with Crippen molar-refractivity contribution in [1.82, 2.24) is 5.32 Å². The molecule has 1 unspecified atom stereocenters. The van der Waals surface area contributed by atoms with Crippen molar-refractivity contribution in [1.29, 1.82) is 0 Å². The van der Waals surface area contributed by atoms with Crippen LogP contribution in [0.25, 0.3) is 0 Å². The van der Waals surface area contributed by atoms with E-state index < -0.39 is 25.7 Å². The molecule has 0 saturated carbocycles. The van der Waals surface area contributed by atoms with Gasteiger partial charge in [0.15, 0.2) is 0 Å². The highest BCUT2D eigenvalue weighted by atomic mass is 79.9. The smallest absolute Gasteiger partial charge is 0.262 e. The highest BCUT2D eigenvalue weighted by Crippen LogP contribution is 2.29.